The molecule has 2 N–H and O–H groups in total. The van der Waals surface area contributed by atoms with Gasteiger partial charge in [-0.3, -0.25) is 14.4 Å². The van der Waals surface area contributed by atoms with E-state index in [2.05, 4.69) is 24.5 Å². The van der Waals surface area contributed by atoms with Gasteiger partial charge in [0.05, 0.1) is 25.0 Å². The van der Waals surface area contributed by atoms with Crippen LogP contribution < -0.4 is 15.4 Å². The quantitative estimate of drug-likeness (QED) is 0.567. The maximum Gasteiger partial charge on any atom is 0.246 e. The average Bonchev–Trinajstić information content (AvgIpc) is 3.50. The number of fused-ring (bicyclic) bond motifs is 1. The van der Waals surface area contributed by atoms with Crippen LogP contribution in [0.25, 0.3) is 0 Å². The van der Waals surface area contributed by atoms with Gasteiger partial charge >= 0.3 is 0 Å². The Morgan fingerprint density at radius 3 is 2.61 bits per heavy atom. The molecule has 194 valence electrons. The van der Waals surface area contributed by atoms with E-state index in [0.717, 1.165) is 12.8 Å². The Bertz CT molecular complexity index is 1060. The summed E-state index contributed by atoms with van der Waals surface area (Å²) in [6, 6.07) is 6.36. The minimum Gasteiger partial charge on any atom is -0.497 e. The van der Waals surface area contributed by atoms with Crippen LogP contribution in [-0.4, -0.2) is 60.1 Å². The van der Waals surface area contributed by atoms with E-state index < -0.39 is 29.6 Å². The Morgan fingerprint density at radius 1 is 1.17 bits per heavy atom. The Morgan fingerprint density at radius 2 is 1.92 bits per heavy atom. The summed E-state index contributed by atoms with van der Waals surface area (Å²) in [5.74, 6) is -0.456. The highest BCUT2D eigenvalue weighted by Crippen LogP contribution is 2.55. The minimum atomic E-state index is -1.12. The third-order valence-electron chi connectivity index (χ3n) is 8.78. The van der Waals surface area contributed by atoms with Crippen molar-refractivity contribution in [2.75, 3.05) is 19.0 Å². The molecule has 3 fully saturated rings. The van der Waals surface area contributed by atoms with Crippen LogP contribution in [0.3, 0.4) is 0 Å². The zero-order valence-corrected chi connectivity index (χ0v) is 21.5. The standard InChI is InChI=1S/C28H37N3O5/c1-5-15-31-24(26(33)30-20-8-6-7-16(2)17(20)3)28-14-13-21(36-28)22(23(28)27(31)34)25(32)29-18-9-11-19(35-4)12-10-18/h9-14,16-17,20-24H,5-8,15H2,1-4H3,(H,29,32)(H,30,33)/t16-,17+,20+,21-,22+,23-,24-,28-/m0/s1. The van der Waals surface area contributed by atoms with Crippen molar-refractivity contribution < 1.29 is 23.9 Å². The first kappa shape index (κ1) is 24.8. The molecule has 1 aromatic rings. The van der Waals surface area contributed by atoms with Crippen LogP contribution in [0.5, 0.6) is 5.75 Å². The predicted octanol–water partition coefficient (Wildman–Crippen LogP) is 3.14. The number of anilines is 1. The molecule has 1 saturated carbocycles. The van der Waals surface area contributed by atoms with E-state index in [4.69, 9.17) is 9.47 Å². The van der Waals surface area contributed by atoms with Crippen molar-refractivity contribution in [2.24, 2.45) is 23.7 Å². The number of nitrogens with one attached hydrogen (secondary N) is 2. The normalized spacial score (nSPS) is 36.6. The molecular weight excluding hydrogens is 458 g/mol. The summed E-state index contributed by atoms with van der Waals surface area (Å²) in [7, 11) is 1.59. The van der Waals surface area contributed by atoms with E-state index in [1.165, 1.54) is 6.42 Å². The number of ether oxygens (including phenoxy) is 2. The number of hydrogen-bond acceptors (Lipinski definition) is 5. The smallest absolute Gasteiger partial charge is 0.246 e. The lowest BCUT2D eigenvalue weighted by molar-refractivity contribution is -0.141. The fourth-order valence-corrected chi connectivity index (χ4v) is 6.70. The maximum absolute atomic E-state index is 13.8. The Balaban J connectivity index is 1.40. The van der Waals surface area contributed by atoms with Gasteiger partial charge in [-0.25, -0.2) is 0 Å². The molecule has 1 aromatic carbocycles. The largest absolute Gasteiger partial charge is 0.497 e. The summed E-state index contributed by atoms with van der Waals surface area (Å²) in [6.45, 7) is 6.86. The number of likely N-dealkylation sites (tertiary alicyclic amines) is 1. The molecule has 1 aliphatic carbocycles. The van der Waals surface area contributed by atoms with Crippen molar-refractivity contribution in [1.29, 1.82) is 0 Å². The molecular formula is C28H37N3O5. The predicted molar refractivity (Wildman–Crippen MR) is 135 cm³/mol. The van der Waals surface area contributed by atoms with Crippen molar-refractivity contribution >= 4 is 23.4 Å². The van der Waals surface area contributed by atoms with Crippen LogP contribution in [0.1, 0.15) is 46.5 Å². The highest BCUT2D eigenvalue weighted by Gasteiger charge is 2.72. The Labute approximate surface area is 212 Å². The molecule has 2 bridgehead atoms. The SMILES string of the molecule is CCCN1C(=O)[C@@H]2[C@H](C(=O)Nc3ccc(OC)cc3)[C@@H]3C=C[C@@]2(O3)[C@@H]1C(=O)N[C@@H]1CCC[C@H](C)[C@H]1C. The molecule has 0 aromatic heterocycles. The average molecular weight is 496 g/mol. The molecule has 5 rings (SSSR count). The van der Waals surface area contributed by atoms with Crippen LogP contribution in [0, 0.1) is 23.7 Å². The van der Waals surface area contributed by atoms with Gasteiger partial charge in [-0.2, -0.15) is 0 Å². The summed E-state index contributed by atoms with van der Waals surface area (Å²) < 4.78 is 11.6. The summed E-state index contributed by atoms with van der Waals surface area (Å²) in [6.07, 6.45) is 7.08. The van der Waals surface area contributed by atoms with Crippen molar-refractivity contribution in [3.63, 3.8) is 0 Å². The molecule has 3 heterocycles. The molecule has 2 saturated heterocycles. The zero-order valence-electron chi connectivity index (χ0n) is 21.5. The van der Waals surface area contributed by atoms with Crippen molar-refractivity contribution in [2.45, 2.75) is 70.2 Å². The molecule has 4 aliphatic rings. The molecule has 1 spiro atoms. The highest BCUT2D eigenvalue weighted by atomic mass is 16.5. The third kappa shape index (κ3) is 3.90. The van der Waals surface area contributed by atoms with Crippen LogP contribution in [-0.2, 0) is 19.1 Å². The van der Waals surface area contributed by atoms with Crippen LogP contribution in [0.2, 0.25) is 0 Å². The molecule has 0 unspecified atom stereocenters. The first-order chi connectivity index (χ1) is 17.3. The van der Waals surface area contributed by atoms with Crippen molar-refractivity contribution in [3.8, 4) is 5.75 Å². The van der Waals surface area contributed by atoms with E-state index in [1.54, 1.807) is 36.3 Å². The lowest BCUT2D eigenvalue weighted by Gasteiger charge is -2.38. The highest BCUT2D eigenvalue weighted by molar-refractivity contribution is 6.02. The lowest BCUT2D eigenvalue weighted by Crippen LogP contribution is -2.57. The van der Waals surface area contributed by atoms with Gasteiger partial charge in [0.25, 0.3) is 0 Å². The van der Waals surface area contributed by atoms with Crippen LogP contribution in [0.15, 0.2) is 36.4 Å². The maximum atomic E-state index is 13.8. The summed E-state index contributed by atoms with van der Waals surface area (Å²) >= 11 is 0. The van der Waals surface area contributed by atoms with E-state index in [9.17, 15) is 14.4 Å². The summed E-state index contributed by atoms with van der Waals surface area (Å²) in [5.41, 5.74) is -0.501. The van der Waals surface area contributed by atoms with Gasteiger partial charge in [-0.05, 0) is 48.9 Å². The second-order valence-electron chi connectivity index (χ2n) is 10.8. The number of amides is 3. The fraction of sp³-hybridized carbons (Fsp3) is 0.607. The Hall–Kier alpha value is -2.87. The first-order valence-corrected chi connectivity index (χ1v) is 13.2. The molecule has 8 atom stereocenters. The van der Waals surface area contributed by atoms with Gasteiger partial charge in [0.1, 0.15) is 17.4 Å². The first-order valence-electron chi connectivity index (χ1n) is 13.2. The van der Waals surface area contributed by atoms with Gasteiger partial charge in [0.2, 0.25) is 17.7 Å². The van der Waals surface area contributed by atoms with Crippen LogP contribution >= 0.6 is 0 Å². The molecule has 8 heteroatoms. The number of benzene rings is 1. The van der Waals surface area contributed by atoms with E-state index in [-0.39, 0.29) is 23.8 Å². The second-order valence-corrected chi connectivity index (χ2v) is 10.8. The molecule has 8 nitrogen and oxygen atoms in total. The van der Waals surface area contributed by atoms with Gasteiger partial charge in [-0.15, -0.1) is 0 Å². The van der Waals surface area contributed by atoms with Gasteiger partial charge in [0, 0.05) is 18.3 Å². The Kier molecular flexibility index (Phi) is 6.57. The van der Waals surface area contributed by atoms with Crippen molar-refractivity contribution in [1.82, 2.24) is 10.2 Å². The third-order valence-corrected chi connectivity index (χ3v) is 8.78. The summed E-state index contributed by atoms with van der Waals surface area (Å²) in [5, 5.41) is 6.21. The number of nitrogens with zero attached hydrogens (tertiary/aromatic N) is 1. The van der Waals surface area contributed by atoms with Gasteiger partial charge in [-0.1, -0.05) is 45.8 Å². The van der Waals surface area contributed by atoms with E-state index in [1.807, 2.05) is 19.1 Å². The number of rotatable bonds is 7. The molecule has 3 aliphatic heterocycles. The number of hydrogen-bond donors (Lipinski definition) is 2. The molecule has 0 radical (unpaired) electrons. The molecule has 36 heavy (non-hydrogen) atoms. The van der Waals surface area contributed by atoms with Gasteiger partial charge < -0.3 is 25.0 Å². The fourth-order valence-electron chi connectivity index (χ4n) is 6.70. The van der Waals surface area contributed by atoms with Crippen molar-refractivity contribution in [3.05, 3.63) is 36.4 Å². The minimum absolute atomic E-state index is 0.0760. The topological polar surface area (TPSA) is 97.0 Å². The zero-order chi connectivity index (χ0) is 25.6. The lowest BCUT2D eigenvalue weighted by atomic mass is 9.73. The second kappa shape index (κ2) is 9.54. The van der Waals surface area contributed by atoms with E-state index in [0.29, 0.717) is 36.2 Å². The monoisotopic (exact) mass is 495 g/mol. The number of methoxy groups -OCH3 is 1. The van der Waals surface area contributed by atoms with Gasteiger partial charge in [0.15, 0.2) is 0 Å². The summed E-state index contributed by atoms with van der Waals surface area (Å²) in [4.78, 5) is 42.7. The number of carbonyl (C=O) groups is 3. The number of carbonyl (C=O) groups excluding carboxylic acids is 3. The van der Waals surface area contributed by atoms with E-state index >= 15 is 0 Å². The molecule has 3 amide bonds. The van der Waals surface area contributed by atoms with Crippen LogP contribution in [0.4, 0.5) is 5.69 Å².